The maximum Gasteiger partial charge on any atom is 0.417 e. The maximum atomic E-state index is 13.1. The second-order valence-corrected chi connectivity index (χ2v) is 9.48. The van der Waals surface area contributed by atoms with Crippen LogP contribution in [0.15, 0.2) is 60.8 Å². The molecule has 0 atom stereocenters. The lowest BCUT2D eigenvalue weighted by atomic mass is 10.1. The van der Waals surface area contributed by atoms with Crippen molar-refractivity contribution in [2.45, 2.75) is 19.0 Å². The van der Waals surface area contributed by atoms with Gasteiger partial charge < -0.3 is 20.1 Å². The molecule has 3 aromatic rings. The van der Waals surface area contributed by atoms with E-state index in [4.69, 9.17) is 21.1 Å². The summed E-state index contributed by atoms with van der Waals surface area (Å²) in [6.07, 6.45) is -2.77. The van der Waals surface area contributed by atoms with Crippen molar-refractivity contribution in [1.82, 2.24) is 15.2 Å². The molecule has 2 N–H and O–H groups in total. The van der Waals surface area contributed by atoms with E-state index in [9.17, 15) is 22.8 Å². The van der Waals surface area contributed by atoms with E-state index < -0.39 is 22.7 Å². The van der Waals surface area contributed by atoms with E-state index in [-0.39, 0.29) is 23.7 Å². The topological polar surface area (TPSA) is 92.8 Å². The molecule has 0 bridgehead atoms. The number of amides is 2. The van der Waals surface area contributed by atoms with Gasteiger partial charge in [0.1, 0.15) is 17.2 Å². The molecule has 212 valence electrons. The highest BCUT2D eigenvalue weighted by Gasteiger charge is 2.33. The quantitative estimate of drug-likeness (QED) is 0.346. The molecule has 0 saturated carbocycles. The number of aryl methyl sites for hydroxylation is 1. The van der Waals surface area contributed by atoms with Gasteiger partial charge in [-0.15, -0.1) is 0 Å². The Morgan fingerprint density at radius 1 is 1.05 bits per heavy atom. The molecule has 2 amide bonds. The van der Waals surface area contributed by atoms with Crippen molar-refractivity contribution in [2.24, 2.45) is 0 Å². The molecular weight excluding hydrogens is 549 g/mol. The predicted octanol–water partition coefficient (Wildman–Crippen LogP) is 5.18. The van der Waals surface area contributed by atoms with E-state index in [0.29, 0.717) is 37.7 Å². The van der Waals surface area contributed by atoms with Gasteiger partial charge in [-0.25, -0.2) is 0 Å². The van der Waals surface area contributed by atoms with E-state index in [0.717, 1.165) is 37.3 Å². The van der Waals surface area contributed by atoms with E-state index in [1.54, 1.807) is 30.3 Å². The zero-order valence-corrected chi connectivity index (χ0v) is 22.2. The molecule has 0 radical (unpaired) electrons. The number of carbonyl (C=O) groups excluding carboxylic acids is 2. The molecule has 0 aliphatic carbocycles. The van der Waals surface area contributed by atoms with Crippen molar-refractivity contribution >= 4 is 29.1 Å². The zero-order valence-electron chi connectivity index (χ0n) is 21.5. The van der Waals surface area contributed by atoms with Crippen molar-refractivity contribution in [3.63, 3.8) is 0 Å². The molecule has 40 heavy (non-hydrogen) atoms. The van der Waals surface area contributed by atoms with Crippen LogP contribution in [0.5, 0.6) is 11.5 Å². The molecule has 1 aromatic heterocycles. The first kappa shape index (κ1) is 29.3. The maximum absolute atomic E-state index is 13.1. The van der Waals surface area contributed by atoms with Crippen LogP contribution in [0.1, 0.15) is 28.0 Å². The Labute approximate surface area is 234 Å². The van der Waals surface area contributed by atoms with Crippen LogP contribution in [0.4, 0.5) is 18.9 Å². The third-order valence-electron chi connectivity index (χ3n) is 6.11. The molecule has 1 aliphatic rings. The third kappa shape index (κ3) is 8.67. The zero-order chi connectivity index (χ0) is 28.5. The summed E-state index contributed by atoms with van der Waals surface area (Å²) in [5, 5.41) is 4.90. The van der Waals surface area contributed by atoms with Crippen molar-refractivity contribution in [2.75, 3.05) is 44.7 Å². The number of aromatic nitrogens is 1. The van der Waals surface area contributed by atoms with Gasteiger partial charge in [-0.3, -0.25) is 19.5 Å². The Bertz CT molecular complexity index is 1330. The second kappa shape index (κ2) is 13.6. The highest BCUT2D eigenvalue weighted by Crippen LogP contribution is 2.36. The number of ether oxygens (including phenoxy) is 2. The number of halogens is 4. The number of benzene rings is 2. The number of rotatable bonds is 10. The van der Waals surface area contributed by atoms with Gasteiger partial charge >= 0.3 is 6.18 Å². The van der Waals surface area contributed by atoms with E-state index in [2.05, 4.69) is 20.5 Å². The first-order chi connectivity index (χ1) is 19.2. The van der Waals surface area contributed by atoms with Crippen LogP contribution in [0.25, 0.3) is 0 Å². The minimum atomic E-state index is -4.62. The van der Waals surface area contributed by atoms with Gasteiger partial charge in [-0.2, -0.15) is 13.2 Å². The first-order valence-corrected chi connectivity index (χ1v) is 13.0. The van der Waals surface area contributed by atoms with E-state index in [1.807, 2.05) is 6.07 Å². The summed E-state index contributed by atoms with van der Waals surface area (Å²) in [5.74, 6) is 0.170. The Kier molecular flexibility index (Phi) is 9.97. The van der Waals surface area contributed by atoms with Crippen LogP contribution in [-0.4, -0.2) is 61.1 Å². The number of pyridine rings is 1. The highest BCUT2D eigenvalue weighted by atomic mass is 35.5. The molecule has 1 fully saturated rings. The lowest BCUT2D eigenvalue weighted by Crippen LogP contribution is -2.41. The summed E-state index contributed by atoms with van der Waals surface area (Å²) in [4.78, 5) is 31.2. The van der Waals surface area contributed by atoms with Gasteiger partial charge in [0.25, 0.3) is 5.91 Å². The number of nitrogens with one attached hydrogen (secondary N) is 2. The minimum Gasteiger partial charge on any atom is -0.457 e. The Balaban J connectivity index is 1.28. The molecule has 0 unspecified atom stereocenters. The van der Waals surface area contributed by atoms with Gasteiger partial charge in [0.15, 0.2) is 0 Å². The monoisotopic (exact) mass is 576 g/mol. The molecule has 2 heterocycles. The summed E-state index contributed by atoms with van der Waals surface area (Å²) in [6, 6.07) is 13.5. The number of carbonyl (C=O) groups is 2. The third-order valence-corrected chi connectivity index (χ3v) is 6.44. The van der Waals surface area contributed by atoms with E-state index >= 15 is 0 Å². The van der Waals surface area contributed by atoms with Crippen LogP contribution in [0.2, 0.25) is 5.02 Å². The number of hydrogen-bond acceptors (Lipinski definition) is 6. The predicted molar refractivity (Wildman–Crippen MR) is 144 cm³/mol. The van der Waals surface area contributed by atoms with Crippen LogP contribution < -0.4 is 15.4 Å². The van der Waals surface area contributed by atoms with Gasteiger partial charge in [0, 0.05) is 50.6 Å². The van der Waals surface area contributed by atoms with Gasteiger partial charge in [-0.05, 0) is 48.4 Å². The van der Waals surface area contributed by atoms with Crippen LogP contribution in [0.3, 0.4) is 0 Å². The average Bonchev–Trinajstić information content (AvgIpc) is 2.93. The molecule has 12 heteroatoms. The smallest absolute Gasteiger partial charge is 0.417 e. The van der Waals surface area contributed by atoms with Crippen molar-refractivity contribution in [3.8, 4) is 11.5 Å². The summed E-state index contributed by atoms with van der Waals surface area (Å²) in [6.45, 7) is 4.28. The highest BCUT2D eigenvalue weighted by molar-refractivity contribution is 6.31. The number of morpholine rings is 1. The molecule has 4 rings (SSSR count). The molecule has 2 aromatic carbocycles. The Morgan fingerprint density at radius 3 is 2.60 bits per heavy atom. The lowest BCUT2D eigenvalue weighted by molar-refractivity contribution is -0.137. The lowest BCUT2D eigenvalue weighted by Gasteiger charge is -2.26. The number of alkyl halides is 3. The Morgan fingerprint density at radius 2 is 1.82 bits per heavy atom. The molecule has 0 spiro atoms. The molecule has 1 saturated heterocycles. The standard InChI is InChI=1S/C28H28ClF3N4O4/c29-24-6-5-20(17-23(24)28(30,31)32)35-26(37)7-4-19-2-1-3-21(16-19)40-22-8-9-33-25(18-22)27(38)34-10-11-36-12-14-39-15-13-36/h1-3,5-6,8-9,16-18H,4,7,10-15H2,(H,34,38)(H,35,37). The fourth-order valence-electron chi connectivity index (χ4n) is 4.04. The van der Waals surface area contributed by atoms with Crippen molar-refractivity contribution in [1.29, 1.82) is 0 Å². The fourth-order valence-corrected chi connectivity index (χ4v) is 4.27. The molecule has 8 nitrogen and oxygen atoms in total. The summed E-state index contributed by atoms with van der Waals surface area (Å²) >= 11 is 5.63. The summed E-state index contributed by atoms with van der Waals surface area (Å²) in [5.41, 5.74) is 0.0112. The fraction of sp³-hybridized carbons (Fsp3) is 0.321. The summed E-state index contributed by atoms with van der Waals surface area (Å²) < 4.78 is 50.4. The van der Waals surface area contributed by atoms with E-state index in [1.165, 1.54) is 12.3 Å². The van der Waals surface area contributed by atoms with Crippen LogP contribution >= 0.6 is 11.6 Å². The normalized spacial score (nSPS) is 14.0. The van der Waals surface area contributed by atoms with Crippen LogP contribution in [0, 0.1) is 0 Å². The van der Waals surface area contributed by atoms with Crippen molar-refractivity contribution in [3.05, 3.63) is 82.6 Å². The second-order valence-electron chi connectivity index (χ2n) is 9.08. The first-order valence-electron chi connectivity index (χ1n) is 12.6. The number of anilines is 1. The molecule has 1 aliphatic heterocycles. The minimum absolute atomic E-state index is 0.0115. The van der Waals surface area contributed by atoms with Crippen LogP contribution in [-0.2, 0) is 22.1 Å². The number of hydrogen-bond donors (Lipinski definition) is 2. The largest absolute Gasteiger partial charge is 0.457 e. The summed E-state index contributed by atoms with van der Waals surface area (Å²) in [7, 11) is 0. The van der Waals surface area contributed by atoms with Gasteiger partial charge in [0.05, 0.1) is 23.8 Å². The molecular formula is C28H28ClF3N4O4. The average molecular weight is 577 g/mol. The van der Waals surface area contributed by atoms with Gasteiger partial charge in [-0.1, -0.05) is 23.7 Å². The van der Waals surface area contributed by atoms with Crippen molar-refractivity contribution < 1.29 is 32.2 Å². The Hall–Kier alpha value is -3.67. The SMILES string of the molecule is O=C(CCc1cccc(Oc2ccnc(C(=O)NCCN3CCOCC3)c2)c1)Nc1ccc(Cl)c(C(F)(F)F)c1. The number of nitrogens with zero attached hydrogens (tertiary/aromatic N) is 2. The van der Waals surface area contributed by atoms with Gasteiger partial charge in [0.2, 0.25) is 5.91 Å².